The molecule has 222 valence electrons. The molecule has 2 heterocycles. The van der Waals surface area contributed by atoms with Crippen LogP contribution < -0.4 is 15.0 Å². The van der Waals surface area contributed by atoms with Crippen LogP contribution in [0.15, 0.2) is 78.0 Å². The van der Waals surface area contributed by atoms with Gasteiger partial charge in [-0.25, -0.2) is 14.5 Å². The van der Waals surface area contributed by atoms with Crippen LogP contribution >= 0.6 is 11.8 Å². The number of carbonyl (C=O) groups is 2. The van der Waals surface area contributed by atoms with E-state index in [0.29, 0.717) is 36.1 Å². The van der Waals surface area contributed by atoms with Crippen molar-refractivity contribution >= 4 is 34.6 Å². The first-order valence-corrected chi connectivity index (χ1v) is 14.3. The lowest BCUT2D eigenvalue weighted by Crippen LogP contribution is -2.32. The van der Waals surface area contributed by atoms with Crippen molar-refractivity contribution in [1.82, 2.24) is 20.1 Å². The van der Waals surface area contributed by atoms with Crippen molar-refractivity contribution < 1.29 is 27.5 Å². The summed E-state index contributed by atoms with van der Waals surface area (Å²) in [4.78, 5) is 35.1. The number of hydrogen-bond acceptors (Lipinski definition) is 6. The lowest BCUT2D eigenvalue weighted by atomic mass is 10.1. The minimum absolute atomic E-state index is 0.113. The summed E-state index contributed by atoms with van der Waals surface area (Å²) in [5.74, 6) is 0.253. The molecule has 0 spiro atoms. The maximum Gasteiger partial charge on any atom is 0.573 e. The molecule has 3 aromatic carbocycles. The fourth-order valence-corrected chi connectivity index (χ4v) is 5.30. The summed E-state index contributed by atoms with van der Waals surface area (Å²) >= 11 is 1.24. The summed E-state index contributed by atoms with van der Waals surface area (Å²) < 4.78 is 42.6. The zero-order chi connectivity index (χ0) is 30.6. The van der Waals surface area contributed by atoms with Gasteiger partial charge in [0.05, 0.1) is 17.1 Å². The fourth-order valence-electron chi connectivity index (χ4n) is 4.44. The van der Waals surface area contributed by atoms with Gasteiger partial charge in [-0.05, 0) is 79.8 Å². The SMILES string of the molecule is Cc1ccc(C)c(N2C(=O)CSC2=NC(=O)NCCCc2cccc(-c3ncn(-c4ccc(OC(F)(F)F)cc4)n3)c2)c1. The number of urea groups is 1. The molecule has 9 nitrogen and oxygen atoms in total. The molecule has 1 aliphatic heterocycles. The molecule has 0 saturated carbocycles. The number of nitrogens with one attached hydrogen (secondary N) is 1. The van der Waals surface area contributed by atoms with E-state index in [-0.39, 0.29) is 17.4 Å². The number of hydrogen-bond donors (Lipinski definition) is 1. The summed E-state index contributed by atoms with van der Waals surface area (Å²) in [6.45, 7) is 4.25. The molecule has 1 saturated heterocycles. The van der Waals surface area contributed by atoms with Crippen LogP contribution in [0.2, 0.25) is 0 Å². The van der Waals surface area contributed by atoms with Crippen molar-refractivity contribution in [3.8, 4) is 22.8 Å². The number of thioether (sulfide) groups is 1. The molecular weight excluding hydrogens is 581 g/mol. The highest BCUT2D eigenvalue weighted by atomic mass is 32.2. The normalized spacial score (nSPS) is 14.4. The number of amides is 3. The van der Waals surface area contributed by atoms with Gasteiger partial charge in [0.1, 0.15) is 12.1 Å². The van der Waals surface area contributed by atoms with E-state index in [9.17, 15) is 22.8 Å². The van der Waals surface area contributed by atoms with E-state index >= 15 is 0 Å². The Bertz CT molecular complexity index is 1670. The number of nitrogens with zero attached hydrogens (tertiary/aromatic N) is 5. The van der Waals surface area contributed by atoms with Crippen LogP contribution in [0, 0.1) is 13.8 Å². The van der Waals surface area contributed by atoms with Gasteiger partial charge < -0.3 is 10.1 Å². The predicted molar refractivity (Wildman–Crippen MR) is 158 cm³/mol. The van der Waals surface area contributed by atoms with Crippen LogP contribution in [-0.4, -0.2) is 50.5 Å². The highest BCUT2D eigenvalue weighted by molar-refractivity contribution is 8.15. The third-order valence-electron chi connectivity index (χ3n) is 6.50. The molecule has 0 radical (unpaired) electrons. The maximum absolute atomic E-state index is 12.6. The van der Waals surface area contributed by atoms with Gasteiger partial charge in [0.2, 0.25) is 5.91 Å². The third-order valence-corrected chi connectivity index (χ3v) is 7.42. The molecule has 1 N–H and O–H groups in total. The van der Waals surface area contributed by atoms with Gasteiger partial charge in [0, 0.05) is 12.1 Å². The minimum Gasteiger partial charge on any atom is -0.406 e. The van der Waals surface area contributed by atoms with Gasteiger partial charge in [-0.3, -0.25) is 9.69 Å². The van der Waals surface area contributed by atoms with Gasteiger partial charge in [-0.1, -0.05) is 42.1 Å². The largest absolute Gasteiger partial charge is 0.573 e. The quantitative estimate of drug-likeness (QED) is 0.238. The Kier molecular flexibility index (Phi) is 8.81. The van der Waals surface area contributed by atoms with Crippen LogP contribution in [0.1, 0.15) is 23.1 Å². The van der Waals surface area contributed by atoms with Crippen LogP contribution in [0.4, 0.5) is 23.7 Å². The molecule has 0 aliphatic carbocycles. The lowest BCUT2D eigenvalue weighted by molar-refractivity contribution is -0.274. The number of aromatic nitrogens is 3. The van der Waals surface area contributed by atoms with Crippen molar-refractivity contribution in [1.29, 1.82) is 0 Å². The van der Waals surface area contributed by atoms with Gasteiger partial charge in [0.15, 0.2) is 11.0 Å². The van der Waals surface area contributed by atoms with Crippen molar-refractivity contribution in [3.05, 3.63) is 89.7 Å². The topological polar surface area (TPSA) is 102 Å². The molecule has 1 fully saturated rings. The highest BCUT2D eigenvalue weighted by Gasteiger charge is 2.32. The number of ether oxygens (including phenoxy) is 1. The van der Waals surface area contributed by atoms with Crippen molar-refractivity contribution in [2.24, 2.45) is 4.99 Å². The van der Waals surface area contributed by atoms with Crippen LogP contribution in [-0.2, 0) is 11.2 Å². The highest BCUT2D eigenvalue weighted by Crippen LogP contribution is 2.30. The van der Waals surface area contributed by atoms with Gasteiger partial charge >= 0.3 is 12.4 Å². The summed E-state index contributed by atoms with van der Waals surface area (Å²) in [5.41, 5.74) is 4.98. The minimum atomic E-state index is -4.76. The molecule has 5 rings (SSSR count). The molecule has 13 heteroatoms. The number of benzene rings is 3. The molecule has 1 aliphatic rings. The molecule has 3 amide bonds. The van der Waals surface area contributed by atoms with E-state index in [1.165, 1.54) is 51.9 Å². The van der Waals surface area contributed by atoms with Gasteiger partial charge in [-0.15, -0.1) is 18.3 Å². The van der Waals surface area contributed by atoms with Crippen LogP contribution in [0.3, 0.4) is 0 Å². The third kappa shape index (κ3) is 7.60. The Hall–Kier alpha value is -4.65. The zero-order valence-electron chi connectivity index (χ0n) is 23.3. The average molecular weight is 609 g/mol. The molecule has 1 aromatic heterocycles. The van der Waals surface area contributed by atoms with Crippen molar-refractivity contribution in [2.75, 3.05) is 17.2 Å². The fraction of sp³-hybridized carbons (Fsp3) is 0.233. The van der Waals surface area contributed by atoms with E-state index in [0.717, 1.165) is 27.9 Å². The Morgan fingerprint density at radius 1 is 1.09 bits per heavy atom. The second kappa shape index (κ2) is 12.7. The lowest BCUT2D eigenvalue weighted by Gasteiger charge is -2.19. The molecule has 43 heavy (non-hydrogen) atoms. The number of aliphatic imine (C=N–C) groups is 1. The number of halogens is 3. The Labute approximate surface area is 249 Å². The van der Waals surface area contributed by atoms with Crippen molar-refractivity contribution in [3.63, 3.8) is 0 Å². The van der Waals surface area contributed by atoms with Crippen LogP contribution in [0.5, 0.6) is 5.75 Å². The monoisotopic (exact) mass is 608 g/mol. The summed E-state index contributed by atoms with van der Waals surface area (Å²) in [6, 6.07) is 18.3. The summed E-state index contributed by atoms with van der Waals surface area (Å²) in [5, 5.41) is 7.61. The summed E-state index contributed by atoms with van der Waals surface area (Å²) in [6.07, 6.45) is -1.95. The standard InChI is InChI=1S/C30H27F3N6O3S/c1-19-8-9-20(2)25(15-19)39-26(40)17-43-29(39)36-28(41)34-14-4-6-21-5-3-7-22(16-21)27-35-18-38(37-27)23-10-12-24(13-11-23)42-30(31,32)33/h3,5,7-13,15-16,18H,4,6,14,17H2,1-2H3,(H,34,41). The smallest absolute Gasteiger partial charge is 0.406 e. The van der Waals surface area contributed by atoms with Crippen LogP contribution in [0.25, 0.3) is 17.1 Å². The Balaban J connectivity index is 1.15. The first-order chi connectivity index (χ1) is 20.6. The zero-order valence-corrected chi connectivity index (χ0v) is 24.1. The maximum atomic E-state index is 12.6. The van der Waals surface area contributed by atoms with E-state index in [2.05, 4.69) is 25.1 Å². The number of carbonyl (C=O) groups excluding carboxylic acids is 2. The summed E-state index contributed by atoms with van der Waals surface area (Å²) in [7, 11) is 0. The molecule has 0 bridgehead atoms. The molecule has 0 atom stereocenters. The Morgan fingerprint density at radius 3 is 2.65 bits per heavy atom. The number of alkyl halides is 3. The number of rotatable bonds is 8. The van der Waals surface area contributed by atoms with E-state index in [4.69, 9.17) is 0 Å². The molecule has 4 aromatic rings. The van der Waals surface area contributed by atoms with Gasteiger partial charge in [-0.2, -0.15) is 4.99 Å². The van der Waals surface area contributed by atoms with E-state index in [1.54, 1.807) is 0 Å². The van der Waals surface area contributed by atoms with E-state index in [1.807, 2.05) is 56.3 Å². The van der Waals surface area contributed by atoms with Gasteiger partial charge in [0.25, 0.3) is 0 Å². The predicted octanol–water partition coefficient (Wildman–Crippen LogP) is 6.23. The molecule has 0 unspecified atom stereocenters. The Morgan fingerprint density at radius 2 is 1.88 bits per heavy atom. The number of amidine groups is 1. The average Bonchev–Trinajstić information content (AvgIpc) is 3.59. The first kappa shape index (κ1) is 29.8. The second-order valence-corrected chi connectivity index (χ2v) is 10.7. The first-order valence-electron chi connectivity index (χ1n) is 13.3. The second-order valence-electron chi connectivity index (χ2n) is 9.79. The van der Waals surface area contributed by atoms with E-state index < -0.39 is 12.4 Å². The number of anilines is 1. The van der Waals surface area contributed by atoms with Crippen molar-refractivity contribution in [2.45, 2.75) is 33.1 Å². The molecular formula is C30H27F3N6O3S. The number of aryl methyl sites for hydroxylation is 3.